The fourth-order valence-corrected chi connectivity index (χ4v) is 4.91. The van der Waals surface area contributed by atoms with Crippen LogP contribution in [0.15, 0.2) is 48.5 Å². The van der Waals surface area contributed by atoms with Gasteiger partial charge in [0.25, 0.3) is 5.91 Å². The Balaban J connectivity index is 1.53. The molecule has 2 unspecified atom stereocenters. The minimum absolute atomic E-state index is 0.0450. The van der Waals surface area contributed by atoms with Crippen LogP contribution in [0.1, 0.15) is 47.9 Å². The topological polar surface area (TPSA) is 121 Å². The number of carbonyl (C=O) groups excluding carboxylic acids is 1. The second-order valence-electron chi connectivity index (χ2n) is 9.70. The maximum absolute atomic E-state index is 13.6. The van der Waals surface area contributed by atoms with E-state index >= 15 is 0 Å². The lowest BCUT2D eigenvalue weighted by molar-refractivity contribution is -0.200. The molecule has 1 heterocycles. The van der Waals surface area contributed by atoms with Crippen molar-refractivity contribution >= 4 is 5.91 Å². The standard InChI is InChI=1S/C28H34N2O6/c1-19-6-4-7-20(12-19)17-36-28(27(33)30-16-23-10-5-11-34-23)13-24(31)26(32)25(14-28)35-18-22-9-3-2-8-21(22)15-29/h2-4,6-9,12,23-26,31-32H,5,10-11,13-14,16-18H2,1H3,(H,30,33)/t23?,24-,25?,26-,28+/m1/s1. The van der Waals surface area contributed by atoms with Gasteiger partial charge in [-0.3, -0.25) is 4.79 Å². The first-order valence-electron chi connectivity index (χ1n) is 12.5. The zero-order valence-corrected chi connectivity index (χ0v) is 20.6. The monoisotopic (exact) mass is 494 g/mol. The number of aliphatic hydroxyl groups excluding tert-OH is 2. The van der Waals surface area contributed by atoms with Crippen molar-refractivity contribution < 1.29 is 29.2 Å². The Hall–Kier alpha value is -2.80. The van der Waals surface area contributed by atoms with E-state index in [0.29, 0.717) is 24.3 Å². The molecule has 2 aromatic carbocycles. The fourth-order valence-electron chi connectivity index (χ4n) is 4.91. The summed E-state index contributed by atoms with van der Waals surface area (Å²) >= 11 is 0. The summed E-state index contributed by atoms with van der Waals surface area (Å²) in [5.74, 6) is -0.359. The molecule has 192 valence electrons. The third kappa shape index (κ3) is 6.30. The quantitative estimate of drug-likeness (QED) is 0.490. The van der Waals surface area contributed by atoms with E-state index in [9.17, 15) is 20.3 Å². The normalized spacial score (nSPS) is 27.9. The first-order chi connectivity index (χ1) is 17.4. The summed E-state index contributed by atoms with van der Waals surface area (Å²) in [7, 11) is 0. The van der Waals surface area contributed by atoms with E-state index in [-0.39, 0.29) is 38.1 Å². The molecule has 1 aliphatic carbocycles. The first-order valence-corrected chi connectivity index (χ1v) is 12.5. The third-order valence-corrected chi connectivity index (χ3v) is 6.96. The number of rotatable bonds is 9. The highest BCUT2D eigenvalue weighted by molar-refractivity contribution is 5.85. The lowest BCUT2D eigenvalue weighted by Gasteiger charge is -2.44. The average Bonchev–Trinajstić information content (AvgIpc) is 3.41. The largest absolute Gasteiger partial charge is 0.390 e. The van der Waals surface area contributed by atoms with Gasteiger partial charge in [0, 0.05) is 26.0 Å². The highest BCUT2D eigenvalue weighted by Crippen LogP contribution is 2.36. The number of amides is 1. The number of aliphatic hydroxyl groups is 2. The van der Waals surface area contributed by atoms with Crippen molar-refractivity contribution in [3.05, 3.63) is 70.8 Å². The first kappa shape index (κ1) is 26.3. The summed E-state index contributed by atoms with van der Waals surface area (Å²) in [6.45, 7) is 3.25. The van der Waals surface area contributed by atoms with E-state index in [4.69, 9.17) is 14.2 Å². The second-order valence-corrected chi connectivity index (χ2v) is 9.70. The molecule has 0 radical (unpaired) electrons. The van der Waals surface area contributed by atoms with E-state index in [2.05, 4.69) is 11.4 Å². The molecule has 1 aliphatic heterocycles. The smallest absolute Gasteiger partial charge is 0.252 e. The van der Waals surface area contributed by atoms with Crippen molar-refractivity contribution in [3.63, 3.8) is 0 Å². The molecule has 5 atom stereocenters. The Bertz CT molecular complexity index is 1080. The molecule has 2 aliphatic rings. The Morgan fingerprint density at radius 1 is 1.19 bits per heavy atom. The molecule has 2 aromatic rings. The number of benzene rings is 2. The summed E-state index contributed by atoms with van der Waals surface area (Å²) < 4.78 is 17.9. The molecule has 0 spiro atoms. The van der Waals surface area contributed by atoms with Crippen LogP contribution < -0.4 is 5.32 Å². The summed E-state index contributed by atoms with van der Waals surface area (Å²) in [6.07, 6.45) is -1.50. The number of nitriles is 1. The molecule has 1 saturated carbocycles. The Morgan fingerprint density at radius 3 is 2.78 bits per heavy atom. The van der Waals surface area contributed by atoms with Gasteiger partial charge in [0.1, 0.15) is 6.10 Å². The van der Waals surface area contributed by atoms with Crippen LogP contribution in [0, 0.1) is 18.3 Å². The van der Waals surface area contributed by atoms with Crippen LogP contribution in [-0.4, -0.2) is 59.3 Å². The van der Waals surface area contributed by atoms with Gasteiger partial charge in [-0.1, -0.05) is 48.0 Å². The molecule has 4 rings (SSSR count). The van der Waals surface area contributed by atoms with Crippen molar-refractivity contribution in [2.24, 2.45) is 0 Å². The van der Waals surface area contributed by atoms with Gasteiger partial charge in [-0.15, -0.1) is 0 Å². The zero-order valence-electron chi connectivity index (χ0n) is 20.6. The van der Waals surface area contributed by atoms with Crippen molar-refractivity contribution in [2.45, 2.75) is 75.8 Å². The third-order valence-electron chi connectivity index (χ3n) is 6.96. The van der Waals surface area contributed by atoms with Crippen molar-refractivity contribution in [1.82, 2.24) is 5.32 Å². The molecule has 2 fully saturated rings. The molecule has 0 bridgehead atoms. The highest BCUT2D eigenvalue weighted by atomic mass is 16.5. The summed E-state index contributed by atoms with van der Waals surface area (Å²) in [6, 6.07) is 17.0. The molecule has 36 heavy (non-hydrogen) atoms. The zero-order chi connectivity index (χ0) is 25.5. The van der Waals surface area contributed by atoms with Gasteiger partial charge < -0.3 is 29.7 Å². The molecule has 0 aromatic heterocycles. The van der Waals surface area contributed by atoms with E-state index in [1.165, 1.54) is 0 Å². The SMILES string of the molecule is Cc1cccc(CO[C@]2(C(=O)NCC3CCCO3)CC(OCc3ccccc3C#N)[C@H](O)[C@H](O)C2)c1. The molecule has 8 heteroatoms. The fraction of sp³-hybridized carbons (Fsp3) is 0.500. The number of ether oxygens (including phenoxy) is 3. The predicted molar refractivity (Wildman–Crippen MR) is 132 cm³/mol. The van der Waals surface area contributed by atoms with Gasteiger partial charge in [0.05, 0.1) is 43.2 Å². The number of hydrogen-bond acceptors (Lipinski definition) is 7. The number of hydrogen-bond donors (Lipinski definition) is 3. The molecule has 8 nitrogen and oxygen atoms in total. The lowest BCUT2D eigenvalue weighted by Crippen LogP contribution is -2.61. The molecular formula is C28H34N2O6. The lowest BCUT2D eigenvalue weighted by atomic mass is 9.78. The minimum Gasteiger partial charge on any atom is -0.390 e. The number of aryl methyl sites for hydroxylation is 1. The van der Waals surface area contributed by atoms with Crippen LogP contribution in [0.25, 0.3) is 0 Å². The molecule has 3 N–H and O–H groups in total. The Kier molecular flexibility index (Phi) is 8.72. The van der Waals surface area contributed by atoms with Crippen LogP contribution in [0.5, 0.6) is 0 Å². The summed E-state index contributed by atoms with van der Waals surface area (Å²) in [5, 5.41) is 33.8. The van der Waals surface area contributed by atoms with Crippen LogP contribution in [0.4, 0.5) is 0 Å². The highest BCUT2D eigenvalue weighted by Gasteiger charge is 2.51. The van der Waals surface area contributed by atoms with Gasteiger partial charge in [0.15, 0.2) is 5.60 Å². The van der Waals surface area contributed by atoms with Gasteiger partial charge in [-0.05, 0) is 37.0 Å². The van der Waals surface area contributed by atoms with Crippen LogP contribution in [0.2, 0.25) is 0 Å². The second kappa shape index (κ2) is 12.0. The average molecular weight is 495 g/mol. The van der Waals surface area contributed by atoms with Gasteiger partial charge in [0.2, 0.25) is 0 Å². The Labute approximate surface area is 211 Å². The van der Waals surface area contributed by atoms with Crippen LogP contribution in [-0.2, 0) is 32.2 Å². The van der Waals surface area contributed by atoms with Crippen LogP contribution >= 0.6 is 0 Å². The minimum atomic E-state index is -1.40. The summed E-state index contributed by atoms with van der Waals surface area (Å²) in [4.78, 5) is 13.6. The van der Waals surface area contributed by atoms with Crippen molar-refractivity contribution in [2.75, 3.05) is 13.2 Å². The predicted octanol–water partition coefficient (Wildman–Crippen LogP) is 2.52. The van der Waals surface area contributed by atoms with Gasteiger partial charge in [-0.2, -0.15) is 5.26 Å². The molecule has 1 saturated heterocycles. The van der Waals surface area contributed by atoms with Gasteiger partial charge in [-0.25, -0.2) is 0 Å². The van der Waals surface area contributed by atoms with Crippen LogP contribution in [0.3, 0.4) is 0 Å². The van der Waals surface area contributed by atoms with E-state index in [0.717, 1.165) is 24.0 Å². The maximum Gasteiger partial charge on any atom is 0.252 e. The number of carbonyl (C=O) groups is 1. The molecule has 1 amide bonds. The number of nitrogens with zero attached hydrogens (tertiary/aromatic N) is 1. The summed E-state index contributed by atoms with van der Waals surface area (Å²) in [5.41, 5.74) is 1.72. The van der Waals surface area contributed by atoms with E-state index in [1.807, 2.05) is 31.2 Å². The number of nitrogens with one attached hydrogen (secondary N) is 1. The van der Waals surface area contributed by atoms with Crippen molar-refractivity contribution in [3.8, 4) is 6.07 Å². The maximum atomic E-state index is 13.6. The van der Waals surface area contributed by atoms with Gasteiger partial charge >= 0.3 is 0 Å². The van der Waals surface area contributed by atoms with Crippen molar-refractivity contribution in [1.29, 1.82) is 5.26 Å². The molecular weight excluding hydrogens is 460 g/mol. The van der Waals surface area contributed by atoms with E-state index in [1.54, 1.807) is 24.3 Å². The Morgan fingerprint density at radius 2 is 2.03 bits per heavy atom. The van der Waals surface area contributed by atoms with E-state index < -0.39 is 23.9 Å².